The summed E-state index contributed by atoms with van der Waals surface area (Å²) >= 11 is 0. The number of hydrogen-bond donors (Lipinski definition) is 1. The average Bonchev–Trinajstić information content (AvgIpc) is 2.35. The molecule has 1 unspecified atom stereocenters. The maximum Gasteiger partial charge on any atom is 0.332 e. The number of ether oxygens (including phenoxy) is 1. The van der Waals surface area contributed by atoms with Crippen molar-refractivity contribution in [1.29, 1.82) is 0 Å². The van der Waals surface area contributed by atoms with Gasteiger partial charge in [0.15, 0.2) is 6.04 Å². The van der Waals surface area contributed by atoms with E-state index in [1.807, 2.05) is 0 Å². The lowest BCUT2D eigenvalue weighted by atomic mass is 9.96. The van der Waals surface area contributed by atoms with Gasteiger partial charge in [-0.15, -0.1) is 0 Å². The first-order valence-corrected chi connectivity index (χ1v) is 6.22. The highest BCUT2D eigenvalue weighted by Crippen LogP contribution is 2.22. The minimum Gasteiger partial charge on any atom is -0.464 e. The molecule has 0 saturated carbocycles. The summed E-state index contributed by atoms with van der Waals surface area (Å²) in [5, 5.41) is 0. The van der Waals surface area contributed by atoms with Crippen molar-refractivity contribution in [3.05, 3.63) is 0 Å². The molecule has 19 heavy (non-hydrogen) atoms. The number of nitrogens with two attached hydrogens (primary N) is 1. The standard InChI is InChI=1S/C12H21N3O4/c1-5-19-10(17)8(13)9(16)15-7-6-14(4)11(18)12(15,2)3/h8H,5-7,13H2,1-4H3. The molecule has 7 nitrogen and oxygen atoms in total. The molecule has 0 aliphatic carbocycles. The Hall–Kier alpha value is -1.63. The van der Waals surface area contributed by atoms with Gasteiger partial charge in [0.1, 0.15) is 5.54 Å². The van der Waals surface area contributed by atoms with Crippen LogP contribution < -0.4 is 5.73 Å². The molecule has 2 amide bonds. The maximum absolute atomic E-state index is 12.2. The number of amides is 2. The van der Waals surface area contributed by atoms with Crippen molar-refractivity contribution in [3.63, 3.8) is 0 Å². The van der Waals surface area contributed by atoms with Crippen LogP contribution in [0.1, 0.15) is 20.8 Å². The van der Waals surface area contributed by atoms with Gasteiger partial charge in [0, 0.05) is 20.1 Å². The molecule has 0 aromatic heterocycles. The van der Waals surface area contributed by atoms with Gasteiger partial charge in [0.25, 0.3) is 5.91 Å². The minimum absolute atomic E-state index is 0.158. The third kappa shape index (κ3) is 2.86. The van der Waals surface area contributed by atoms with Gasteiger partial charge in [-0.25, -0.2) is 4.79 Å². The van der Waals surface area contributed by atoms with E-state index in [1.165, 1.54) is 4.90 Å². The van der Waals surface area contributed by atoms with Crippen LogP contribution in [0.4, 0.5) is 0 Å². The Morgan fingerprint density at radius 2 is 2.00 bits per heavy atom. The second kappa shape index (κ2) is 5.56. The second-order valence-corrected chi connectivity index (χ2v) is 5.01. The fourth-order valence-corrected chi connectivity index (χ4v) is 2.10. The van der Waals surface area contributed by atoms with E-state index in [4.69, 9.17) is 10.5 Å². The van der Waals surface area contributed by atoms with Crippen LogP contribution in [-0.2, 0) is 19.1 Å². The van der Waals surface area contributed by atoms with Gasteiger partial charge in [-0.05, 0) is 20.8 Å². The fraction of sp³-hybridized carbons (Fsp3) is 0.750. The molecule has 1 atom stereocenters. The van der Waals surface area contributed by atoms with Crippen molar-refractivity contribution in [2.75, 3.05) is 26.7 Å². The number of piperazine rings is 1. The van der Waals surface area contributed by atoms with Crippen LogP contribution in [0.2, 0.25) is 0 Å². The quantitative estimate of drug-likeness (QED) is 0.522. The number of hydrogen-bond acceptors (Lipinski definition) is 5. The number of likely N-dealkylation sites (N-methyl/N-ethyl adjacent to an activating group) is 1. The predicted octanol–water partition coefficient (Wildman–Crippen LogP) is -1.04. The van der Waals surface area contributed by atoms with Crippen LogP contribution in [0.3, 0.4) is 0 Å². The zero-order valence-electron chi connectivity index (χ0n) is 11.8. The van der Waals surface area contributed by atoms with Crippen LogP contribution >= 0.6 is 0 Å². The van der Waals surface area contributed by atoms with Crippen LogP contribution in [0.15, 0.2) is 0 Å². The molecule has 1 aliphatic rings. The van der Waals surface area contributed by atoms with Crippen molar-refractivity contribution in [2.45, 2.75) is 32.4 Å². The molecule has 1 fully saturated rings. The van der Waals surface area contributed by atoms with Gasteiger partial charge < -0.3 is 20.3 Å². The highest BCUT2D eigenvalue weighted by Gasteiger charge is 2.45. The SMILES string of the molecule is CCOC(=O)C(N)C(=O)N1CCN(C)C(=O)C1(C)C. The molecule has 0 radical (unpaired) electrons. The third-order valence-corrected chi connectivity index (χ3v) is 3.28. The Morgan fingerprint density at radius 3 is 2.53 bits per heavy atom. The molecular weight excluding hydrogens is 250 g/mol. The second-order valence-electron chi connectivity index (χ2n) is 5.01. The first-order chi connectivity index (χ1) is 8.73. The Labute approximate surface area is 112 Å². The molecule has 2 N–H and O–H groups in total. The normalized spacial score (nSPS) is 20.2. The van der Waals surface area contributed by atoms with Crippen LogP contribution in [0, 0.1) is 0 Å². The summed E-state index contributed by atoms with van der Waals surface area (Å²) < 4.78 is 4.72. The summed E-state index contributed by atoms with van der Waals surface area (Å²) in [7, 11) is 1.68. The van der Waals surface area contributed by atoms with E-state index in [0.29, 0.717) is 13.1 Å². The molecule has 0 aromatic rings. The van der Waals surface area contributed by atoms with Gasteiger partial charge in [0.05, 0.1) is 6.61 Å². The Morgan fingerprint density at radius 1 is 1.42 bits per heavy atom. The molecular formula is C12H21N3O4. The number of carbonyl (C=O) groups is 3. The summed E-state index contributed by atoms with van der Waals surface area (Å²) in [6.45, 7) is 5.84. The Balaban J connectivity index is 2.87. The zero-order chi connectivity index (χ0) is 14.8. The van der Waals surface area contributed by atoms with Crippen molar-refractivity contribution in [2.24, 2.45) is 5.73 Å². The summed E-state index contributed by atoms with van der Waals surface area (Å²) in [4.78, 5) is 38.7. The first kappa shape index (κ1) is 15.4. The average molecular weight is 271 g/mol. The lowest BCUT2D eigenvalue weighted by Crippen LogP contribution is -2.66. The Bertz CT molecular complexity index is 394. The van der Waals surface area contributed by atoms with E-state index >= 15 is 0 Å². The van der Waals surface area contributed by atoms with Crippen molar-refractivity contribution < 1.29 is 19.1 Å². The van der Waals surface area contributed by atoms with E-state index in [-0.39, 0.29) is 12.5 Å². The van der Waals surface area contributed by atoms with Gasteiger partial charge in [0.2, 0.25) is 5.91 Å². The number of carbonyl (C=O) groups excluding carboxylic acids is 3. The topological polar surface area (TPSA) is 92.9 Å². The number of esters is 1. The van der Waals surface area contributed by atoms with E-state index < -0.39 is 23.5 Å². The van der Waals surface area contributed by atoms with Crippen molar-refractivity contribution in [1.82, 2.24) is 9.80 Å². The van der Waals surface area contributed by atoms with Gasteiger partial charge in [-0.2, -0.15) is 0 Å². The fourth-order valence-electron chi connectivity index (χ4n) is 2.10. The molecule has 1 rings (SSSR count). The lowest BCUT2D eigenvalue weighted by Gasteiger charge is -2.45. The van der Waals surface area contributed by atoms with Crippen molar-refractivity contribution in [3.8, 4) is 0 Å². The number of nitrogens with zero attached hydrogens (tertiary/aromatic N) is 2. The highest BCUT2D eigenvalue weighted by molar-refractivity contribution is 6.04. The Kier molecular flexibility index (Phi) is 4.52. The first-order valence-electron chi connectivity index (χ1n) is 6.22. The molecule has 0 spiro atoms. The number of rotatable bonds is 3. The summed E-state index contributed by atoms with van der Waals surface area (Å²) in [6, 6.07) is -1.38. The van der Waals surface area contributed by atoms with Gasteiger partial charge in [-0.1, -0.05) is 0 Å². The monoisotopic (exact) mass is 271 g/mol. The molecule has 0 aromatic carbocycles. The van der Waals surface area contributed by atoms with Crippen LogP contribution in [0.5, 0.6) is 0 Å². The van der Waals surface area contributed by atoms with E-state index in [2.05, 4.69) is 0 Å². The van der Waals surface area contributed by atoms with Crippen LogP contribution in [0.25, 0.3) is 0 Å². The third-order valence-electron chi connectivity index (χ3n) is 3.28. The smallest absolute Gasteiger partial charge is 0.332 e. The van der Waals surface area contributed by atoms with Crippen LogP contribution in [-0.4, -0.2) is 65.9 Å². The maximum atomic E-state index is 12.2. The molecule has 1 heterocycles. The molecule has 1 aliphatic heterocycles. The summed E-state index contributed by atoms with van der Waals surface area (Å²) in [6.07, 6.45) is 0. The summed E-state index contributed by atoms with van der Waals surface area (Å²) in [5.41, 5.74) is 4.58. The predicted molar refractivity (Wildman–Crippen MR) is 68.0 cm³/mol. The summed E-state index contributed by atoms with van der Waals surface area (Å²) in [5.74, 6) is -1.53. The minimum atomic E-state index is -1.38. The van der Waals surface area contributed by atoms with Crippen molar-refractivity contribution >= 4 is 17.8 Å². The lowest BCUT2D eigenvalue weighted by molar-refractivity contribution is -0.162. The highest BCUT2D eigenvalue weighted by atomic mass is 16.5. The molecule has 7 heteroatoms. The van der Waals surface area contributed by atoms with E-state index in [0.717, 1.165) is 0 Å². The zero-order valence-corrected chi connectivity index (χ0v) is 11.8. The van der Waals surface area contributed by atoms with Gasteiger partial charge >= 0.3 is 5.97 Å². The molecule has 0 bridgehead atoms. The van der Waals surface area contributed by atoms with E-state index in [1.54, 1.807) is 32.7 Å². The molecule has 108 valence electrons. The van der Waals surface area contributed by atoms with E-state index in [9.17, 15) is 14.4 Å². The molecule has 1 saturated heterocycles. The van der Waals surface area contributed by atoms with Gasteiger partial charge in [-0.3, -0.25) is 9.59 Å². The largest absolute Gasteiger partial charge is 0.464 e.